The summed E-state index contributed by atoms with van der Waals surface area (Å²) in [4.78, 5) is 21.3. The van der Waals surface area contributed by atoms with E-state index in [4.69, 9.17) is 16.7 Å². The number of halogens is 4. The molecule has 4 nitrogen and oxygen atoms in total. The van der Waals surface area contributed by atoms with Crippen LogP contribution < -0.4 is 5.32 Å². The Bertz CT molecular complexity index is 488. The number of carboxylic acids is 1. The second-order valence-electron chi connectivity index (χ2n) is 3.26. The molecule has 2 N–H and O–H groups in total. The van der Waals surface area contributed by atoms with Gasteiger partial charge in [-0.15, -0.1) is 0 Å². The lowest BCUT2D eigenvalue weighted by Crippen LogP contribution is -2.36. The maximum Gasteiger partial charge on any atom is 0.471 e. The van der Waals surface area contributed by atoms with Crippen molar-refractivity contribution < 1.29 is 27.9 Å². The Hall–Kier alpha value is -1.76. The molecule has 0 aliphatic rings. The third-order valence-corrected chi connectivity index (χ3v) is 2.45. The summed E-state index contributed by atoms with van der Waals surface area (Å²) in [6, 6.07) is 3.86. The molecule has 0 unspecified atom stereocenters. The van der Waals surface area contributed by atoms with Crippen LogP contribution in [0.25, 0.3) is 0 Å². The highest BCUT2D eigenvalue weighted by atomic mass is 35.5. The van der Waals surface area contributed by atoms with Crippen LogP contribution >= 0.6 is 11.6 Å². The van der Waals surface area contributed by atoms with Gasteiger partial charge in [0.25, 0.3) is 0 Å². The first-order valence-electron chi connectivity index (χ1n) is 4.59. The summed E-state index contributed by atoms with van der Waals surface area (Å²) in [5.74, 6) is -3.41. The highest BCUT2D eigenvalue weighted by molar-refractivity contribution is 6.34. The van der Waals surface area contributed by atoms with E-state index in [9.17, 15) is 22.8 Å². The van der Waals surface area contributed by atoms with Gasteiger partial charge in [0, 0.05) is 6.54 Å². The Labute approximate surface area is 104 Å². The van der Waals surface area contributed by atoms with Crippen LogP contribution in [0.3, 0.4) is 0 Å². The summed E-state index contributed by atoms with van der Waals surface area (Å²) >= 11 is 5.69. The predicted molar refractivity (Wildman–Crippen MR) is 56.3 cm³/mol. The zero-order valence-electron chi connectivity index (χ0n) is 8.71. The van der Waals surface area contributed by atoms with Crippen LogP contribution in [0, 0.1) is 0 Å². The zero-order valence-corrected chi connectivity index (χ0v) is 9.47. The van der Waals surface area contributed by atoms with Gasteiger partial charge in [-0.25, -0.2) is 4.79 Å². The second-order valence-corrected chi connectivity index (χ2v) is 3.64. The molecule has 98 valence electrons. The molecule has 1 aromatic carbocycles. The molecule has 0 fully saturated rings. The molecule has 0 saturated carbocycles. The van der Waals surface area contributed by atoms with Crippen LogP contribution in [0.1, 0.15) is 15.9 Å². The van der Waals surface area contributed by atoms with Crippen molar-refractivity contribution in [2.75, 3.05) is 0 Å². The van der Waals surface area contributed by atoms with Crippen LogP contribution in [-0.4, -0.2) is 23.2 Å². The molecule has 0 saturated heterocycles. The topological polar surface area (TPSA) is 66.4 Å². The van der Waals surface area contributed by atoms with Crippen molar-refractivity contribution in [3.05, 3.63) is 34.3 Å². The Balaban J connectivity index is 2.84. The van der Waals surface area contributed by atoms with Crippen molar-refractivity contribution in [3.63, 3.8) is 0 Å². The fourth-order valence-electron chi connectivity index (χ4n) is 1.16. The van der Waals surface area contributed by atoms with Crippen molar-refractivity contribution in [2.45, 2.75) is 12.7 Å². The quantitative estimate of drug-likeness (QED) is 0.893. The van der Waals surface area contributed by atoms with Gasteiger partial charge in [-0.1, -0.05) is 23.7 Å². The molecule has 0 spiro atoms. The molecular formula is C10H7ClF3NO3. The van der Waals surface area contributed by atoms with E-state index in [1.165, 1.54) is 18.2 Å². The number of rotatable bonds is 3. The number of alkyl halides is 3. The van der Waals surface area contributed by atoms with E-state index in [2.05, 4.69) is 0 Å². The number of benzene rings is 1. The van der Waals surface area contributed by atoms with E-state index in [0.717, 1.165) is 0 Å². The van der Waals surface area contributed by atoms with E-state index in [1.54, 1.807) is 5.32 Å². The number of hydrogen-bond acceptors (Lipinski definition) is 2. The SMILES string of the molecule is O=C(O)c1cccc(CNC(=O)C(F)(F)F)c1Cl. The van der Waals surface area contributed by atoms with Gasteiger partial charge in [0.05, 0.1) is 10.6 Å². The molecule has 18 heavy (non-hydrogen) atoms. The van der Waals surface area contributed by atoms with Crippen LogP contribution in [-0.2, 0) is 11.3 Å². The number of hydrogen-bond donors (Lipinski definition) is 2. The smallest absolute Gasteiger partial charge is 0.471 e. The lowest BCUT2D eigenvalue weighted by atomic mass is 10.1. The highest BCUT2D eigenvalue weighted by Crippen LogP contribution is 2.22. The van der Waals surface area contributed by atoms with Crippen LogP contribution in [0.15, 0.2) is 18.2 Å². The van der Waals surface area contributed by atoms with Gasteiger partial charge < -0.3 is 10.4 Å². The molecule has 0 aliphatic heterocycles. The highest BCUT2D eigenvalue weighted by Gasteiger charge is 2.38. The minimum Gasteiger partial charge on any atom is -0.478 e. The Kier molecular flexibility index (Phi) is 4.18. The average molecular weight is 282 g/mol. The van der Waals surface area contributed by atoms with Gasteiger partial charge in [-0.2, -0.15) is 13.2 Å². The summed E-state index contributed by atoms with van der Waals surface area (Å²) in [6.45, 7) is -0.502. The minimum atomic E-state index is -4.99. The summed E-state index contributed by atoms with van der Waals surface area (Å²) in [6.07, 6.45) is -4.99. The van der Waals surface area contributed by atoms with Gasteiger partial charge in [0.15, 0.2) is 0 Å². The van der Waals surface area contributed by atoms with E-state index < -0.39 is 24.6 Å². The molecule has 0 heterocycles. The molecule has 0 atom stereocenters. The lowest BCUT2D eigenvalue weighted by molar-refractivity contribution is -0.173. The fraction of sp³-hybridized carbons (Fsp3) is 0.200. The summed E-state index contributed by atoms with van der Waals surface area (Å²) in [5.41, 5.74) is -0.149. The number of amides is 1. The first-order valence-corrected chi connectivity index (χ1v) is 4.97. The normalized spacial score (nSPS) is 11.1. The number of carbonyl (C=O) groups is 2. The van der Waals surface area contributed by atoms with E-state index in [0.29, 0.717) is 0 Å². The van der Waals surface area contributed by atoms with Gasteiger partial charge in [-0.05, 0) is 11.6 Å². The fourth-order valence-corrected chi connectivity index (χ4v) is 1.43. The van der Waals surface area contributed by atoms with Crippen molar-refractivity contribution in [1.29, 1.82) is 0 Å². The first-order chi connectivity index (χ1) is 8.23. The number of nitrogens with one attached hydrogen (secondary N) is 1. The monoisotopic (exact) mass is 281 g/mol. The molecule has 1 amide bonds. The summed E-state index contributed by atoms with van der Waals surface area (Å²) < 4.78 is 35.8. The van der Waals surface area contributed by atoms with E-state index in [1.807, 2.05) is 0 Å². The number of carboxylic acid groups (broad SMARTS) is 1. The minimum absolute atomic E-state index is 0.0918. The van der Waals surface area contributed by atoms with E-state index in [-0.39, 0.29) is 16.1 Å². The Morgan fingerprint density at radius 2 is 1.94 bits per heavy atom. The molecule has 8 heteroatoms. The van der Waals surface area contributed by atoms with Crippen LogP contribution in [0.4, 0.5) is 13.2 Å². The van der Waals surface area contributed by atoms with Crippen molar-refractivity contribution >= 4 is 23.5 Å². The van der Waals surface area contributed by atoms with Crippen molar-refractivity contribution in [2.24, 2.45) is 0 Å². The molecule has 1 aromatic rings. The van der Waals surface area contributed by atoms with Crippen molar-refractivity contribution in [3.8, 4) is 0 Å². The van der Waals surface area contributed by atoms with Gasteiger partial charge in [0.2, 0.25) is 0 Å². The molecule has 0 bridgehead atoms. The molecular weight excluding hydrogens is 275 g/mol. The lowest BCUT2D eigenvalue weighted by Gasteiger charge is -2.10. The van der Waals surface area contributed by atoms with Crippen LogP contribution in [0.2, 0.25) is 5.02 Å². The maximum absolute atomic E-state index is 11.9. The third kappa shape index (κ3) is 3.36. The Morgan fingerprint density at radius 1 is 1.33 bits per heavy atom. The zero-order chi connectivity index (χ0) is 13.9. The predicted octanol–water partition coefficient (Wildman–Crippen LogP) is 2.22. The van der Waals surface area contributed by atoms with Gasteiger partial charge in [-0.3, -0.25) is 4.79 Å². The average Bonchev–Trinajstić information content (AvgIpc) is 2.25. The third-order valence-electron chi connectivity index (χ3n) is 2.01. The Morgan fingerprint density at radius 3 is 2.44 bits per heavy atom. The van der Waals surface area contributed by atoms with E-state index >= 15 is 0 Å². The first kappa shape index (κ1) is 14.3. The summed E-state index contributed by atoms with van der Waals surface area (Å²) in [5, 5.41) is 10.1. The van der Waals surface area contributed by atoms with Gasteiger partial charge in [0.1, 0.15) is 0 Å². The molecule has 0 radical (unpaired) electrons. The standard InChI is InChI=1S/C10H7ClF3NO3/c11-7-5(2-1-3-6(7)8(16)17)4-15-9(18)10(12,13)14/h1-3H,4H2,(H,15,18)(H,16,17). The van der Waals surface area contributed by atoms with Crippen LogP contribution in [0.5, 0.6) is 0 Å². The second kappa shape index (κ2) is 5.26. The number of aromatic carboxylic acids is 1. The molecule has 0 aliphatic carbocycles. The van der Waals surface area contributed by atoms with Crippen molar-refractivity contribution in [1.82, 2.24) is 5.32 Å². The molecule has 0 aromatic heterocycles. The summed E-state index contributed by atoms with van der Waals surface area (Å²) in [7, 11) is 0. The maximum atomic E-state index is 11.9. The molecule has 1 rings (SSSR count). The van der Waals surface area contributed by atoms with Gasteiger partial charge >= 0.3 is 18.1 Å². The largest absolute Gasteiger partial charge is 0.478 e. The number of carbonyl (C=O) groups excluding carboxylic acids is 1.